The van der Waals surface area contributed by atoms with Crippen LogP contribution < -0.4 is 10.1 Å². The van der Waals surface area contributed by atoms with E-state index in [1.54, 1.807) is 7.11 Å². The smallest absolute Gasteiger partial charge is 0.122 e. The quantitative estimate of drug-likeness (QED) is 0.868. The first kappa shape index (κ1) is 14.4. The zero-order valence-electron chi connectivity index (χ0n) is 12.7. The van der Waals surface area contributed by atoms with Gasteiger partial charge in [-0.2, -0.15) is 0 Å². The molecule has 0 amide bonds. The number of methoxy groups -OCH3 is 1. The van der Waals surface area contributed by atoms with Crippen molar-refractivity contribution in [2.24, 2.45) is 5.92 Å². The van der Waals surface area contributed by atoms with Crippen molar-refractivity contribution in [3.63, 3.8) is 0 Å². The molecule has 0 radical (unpaired) electrons. The third-order valence-corrected chi connectivity index (χ3v) is 4.23. The molecule has 0 aliphatic heterocycles. The zero-order chi connectivity index (χ0) is 13.8. The lowest BCUT2D eigenvalue weighted by atomic mass is 9.87. The number of ether oxygens (including phenoxy) is 1. The summed E-state index contributed by atoms with van der Waals surface area (Å²) in [4.78, 5) is 0. The molecule has 1 aliphatic rings. The number of hydrogen-bond acceptors (Lipinski definition) is 2. The molecule has 2 heteroatoms. The Bertz CT molecular complexity index is 414. The van der Waals surface area contributed by atoms with E-state index in [9.17, 15) is 0 Å². The lowest BCUT2D eigenvalue weighted by Gasteiger charge is -2.23. The first-order valence-corrected chi connectivity index (χ1v) is 7.49. The molecule has 0 bridgehead atoms. The molecule has 0 spiro atoms. The summed E-state index contributed by atoms with van der Waals surface area (Å²) in [6, 6.07) is 7.15. The van der Waals surface area contributed by atoms with Crippen molar-refractivity contribution in [2.75, 3.05) is 13.7 Å². The molecular weight excluding hydrogens is 234 g/mol. The minimum atomic E-state index is 0.570. The topological polar surface area (TPSA) is 21.3 Å². The number of rotatable bonds is 5. The van der Waals surface area contributed by atoms with E-state index in [1.807, 2.05) is 0 Å². The van der Waals surface area contributed by atoms with Crippen LogP contribution in [0.4, 0.5) is 0 Å². The van der Waals surface area contributed by atoms with E-state index in [1.165, 1.54) is 30.4 Å². The van der Waals surface area contributed by atoms with Crippen molar-refractivity contribution in [3.05, 3.63) is 29.3 Å². The van der Waals surface area contributed by atoms with Crippen molar-refractivity contribution in [1.82, 2.24) is 5.32 Å². The van der Waals surface area contributed by atoms with Gasteiger partial charge in [0.25, 0.3) is 0 Å². The van der Waals surface area contributed by atoms with E-state index in [0.717, 1.165) is 18.2 Å². The first-order valence-electron chi connectivity index (χ1n) is 7.49. The summed E-state index contributed by atoms with van der Waals surface area (Å²) in [6.07, 6.45) is 3.97. The van der Waals surface area contributed by atoms with Crippen LogP contribution in [0.15, 0.2) is 18.2 Å². The largest absolute Gasteiger partial charge is 0.496 e. The fourth-order valence-electron chi connectivity index (χ4n) is 3.22. The Morgan fingerprint density at radius 3 is 2.79 bits per heavy atom. The summed E-state index contributed by atoms with van der Waals surface area (Å²) >= 11 is 0. The predicted molar refractivity (Wildman–Crippen MR) is 81.0 cm³/mol. The van der Waals surface area contributed by atoms with E-state index < -0.39 is 0 Å². The molecule has 1 saturated carbocycles. The molecular formula is C17H27NO. The maximum Gasteiger partial charge on any atom is 0.122 e. The summed E-state index contributed by atoms with van der Waals surface area (Å²) in [5.74, 6) is 2.46. The Labute approximate surface area is 117 Å². The van der Waals surface area contributed by atoms with E-state index >= 15 is 0 Å². The molecule has 0 aromatic heterocycles. The SMILES string of the molecule is COc1ccc(C)cc1C1CCCC1CNC(C)C. The molecule has 2 unspecified atom stereocenters. The highest BCUT2D eigenvalue weighted by molar-refractivity contribution is 5.40. The molecule has 0 heterocycles. The second-order valence-electron chi connectivity index (χ2n) is 6.11. The van der Waals surface area contributed by atoms with Gasteiger partial charge in [-0.05, 0) is 49.8 Å². The molecule has 1 aromatic carbocycles. The fourth-order valence-corrected chi connectivity index (χ4v) is 3.22. The molecule has 106 valence electrons. The number of nitrogens with one attached hydrogen (secondary N) is 1. The van der Waals surface area contributed by atoms with Crippen molar-refractivity contribution >= 4 is 0 Å². The highest BCUT2D eigenvalue weighted by Crippen LogP contribution is 2.43. The second kappa shape index (κ2) is 6.42. The molecule has 1 fully saturated rings. The van der Waals surface area contributed by atoms with Crippen LogP contribution in [-0.2, 0) is 0 Å². The van der Waals surface area contributed by atoms with Crippen LogP contribution >= 0.6 is 0 Å². The van der Waals surface area contributed by atoms with Gasteiger partial charge in [0.15, 0.2) is 0 Å². The van der Waals surface area contributed by atoms with E-state index in [2.05, 4.69) is 44.3 Å². The standard InChI is InChI=1S/C17H27NO/c1-12(2)18-11-14-6-5-7-15(14)16-10-13(3)8-9-17(16)19-4/h8-10,12,14-15,18H,5-7,11H2,1-4H3. The third-order valence-electron chi connectivity index (χ3n) is 4.23. The van der Waals surface area contributed by atoms with Crippen LogP contribution in [0.3, 0.4) is 0 Å². The Morgan fingerprint density at radius 2 is 2.11 bits per heavy atom. The van der Waals surface area contributed by atoms with Gasteiger partial charge in [-0.25, -0.2) is 0 Å². The van der Waals surface area contributed by atoms with Crippen LogP contribution in [0.5, 0.6) is 5.75 Å². The Kier molecular flexibility index (Phi) is 4.87. The average Bonchev–Trinajstić information content (AvgIpc) is 2.84. The van der Waals surface area contributed by atoms with Crippen LogP contribution in [-0.4, -0.2) is 19.7 Å². The van der Waals surface area contributed by atoms with Crippen molar-refractivity contribution in [3.8, 4) is 5.75 Å². The Balaban J connectivity index is 2.17. The normalized spacial score (nSPS) is 23.0. The van der Waals surface area contributed by atoms with Gasteiger partial charge in [0, 0.05) is 6.04 Å². The van der Waals surface area contributed by atoms with Gasteiger partial charge >= 0.3 is 0 Å². The Hall–Kier alpha value is -1.02. The zero-order valence-corrected chi connectivity index (χ0v) is 12.7. The molecule has 1 N–H and O–H groups in total. The van der Waals surface area contributed by atoms with Gasteiger partial charge < -0.3 is 10.1 Å². The van der Waals surface area contributed by atoms with Crippen molar-refractivity contribution < 1.29 is 4.74 Å². The molecule has 0 saturated heterocycles. The fraction of sp³-hybridized carbons (Fsp3) is 0.647. The maximum atomic E-state index is 5.57. The number of benzene rings is 1. The summed E-state index contributed by atoms with van der Waals surface area (Å²) in [5.41, 5.74) is 2.74. The van der Waals surface area contributed by atoms with Gasteiger partial charge in [-0.15, -0.1) is 0 Å². The van der Waals surface area contributed by atoms with Gasteiger partial charge in [-0.3, -0.25) is 0 Å². The molecule has 2 nitrogen and oxygen atoms in total. The van der Waals surface area contributed by atoms with E-state index in [-0.39, 0.29) is 0 Å². The average molecular weight is 261 g/mol. The van der Waals surface area contributed by atoms with Crippen LogP contribution in [0.2, 0.25) is 0 Å². The second-order valence-corrected chi connectivity index (χ2v) is 6.11. The first-order chi connectivity index (χ1) is 9.11. The predicted octanol–water partition coefficient (Wildman–Crippen LogP) is 3.89. The summed E-state index contributed by atoms with van der Waals surface area (Å²) in [6.45, 7) is 7.73. The van der Waals surface area contributed by atoms with Gasteiger partial charge in [-0.1, -0.05) is 38.0 Å². The summed E-state index contributed by atoms with van der Waals surface area (Å²) in [5, 5.41) is 3.60. The lowest BCUT2D eigenvalue weighted by molar-refractivity contribution is 0.384. The summed E-state index contributed by atoms with van der Waals surface area (Å²) < 4.78 is 5.57. The monoisotopic (exact) mass is 261 g/mol. The maximum absolute atomic E-state index is 5.57. The lowest BCUT2D eigenvalue weighted by Crippen LogP contribution is -2.30. The van der Waals surface area contributed by atoms with Gasteiger partial charge in [0.2, 0.25) is 0 Å². The van der Waals surface area contributed by atoms with Crippen LogP contribution in [0.1, 0.15) is 50.2 Å². The van der Waals surface area contributed by atoms with Gasteiger partial charge in [0.1, 0.15) is 5.75 Å². The molecule has 2 rings (SSSR count). The highest BCUT2D eigenvalue weighted by Gasteiger charge is 2.30. The van der Waals surface area contributed by atoms with Crippen LogP contribution in [0.25, 0.3) is 0 Å². The number of aryl methyl sites for hydroxylation is 1. The van der Waals surface area contributed by atoms with Crippen LogP contribution in [0, 0.1) is 12.8 Å². The molecule has 19 heavy (non-hydrogen) atoms. The van der Waals surface area contributed by atoms with E-state index in [4.69, 9.17) is 4.74 Å². The highest BCUT2D eigenvalue weighted by atomic mass is 16.5. The molecule has 1 aliphatic carbocycles. The number of hydrogen-bond donors (Lipinski definition) is 1. The van der Waals surface area contributed by atoms with Crippen molar-refractivity contribution in [1.29, 1.82) is 0 Å². The molecule has 1 aromatic rings. The minimum Gasteiger partial charge on any atom is -0.496 e. The minimum absolute atomic E-state index is 0.570. The third kappa shape index (κ3) is 3.50. The van der Waals surface area contributed by atoms with Crippen molar-refractivity contribution in [2.45, 2.75) is 52.0 Å². The van der Waals surface area contributed by atoms with Gasteiger partial charge in [0.05, 0.1) is 7.11 Å². The summed E-state index contributed by atoms with van der Waals surface area (Å²) in [7, 11) is 1.78. The Morgan fingerprint density at radius 1 is 1.32 bits per heavy atom. The molecule has 2 atom stereocenters. The van der Waals surface area contributed by atoms with E-state index in [0.29, 0.717) is 12.0 Å².